The summed E-state index contributed by atoms with van der Waals surface area (Å²) < 4.78 is 10.2. The van der Waals surface area contributed by atoms with Crippen molar-refractivity contribution in [2.45, 2.75) is 45.1 Å². The summed E-state index contributed by atoms with van der Waals surface area (Å²) in [6.07, 6.45) is 9.48. The van der Waals surface area contributed by atoms with Crippen molar-refractivity contribution in [1.29, 1.82) is 0 Å². The van der Waals surface area contributed by atoms with Crippen molar-refractivity contribution in [2.75, 3.05) is 13.7 Å². The summed E-state index contributed by atoms with van der Waals surface area (Å²) in [4.78, 5) is 23.3. The molecule has 0 aliphatic heterocycles. The van der Waals surface area contributed by atoms with Crippen LogP contribution in [-0.2, 0) is 14.3 Å². The van der Waals surface area contributed by atoms with Crippen molar-refractivity contribution < 1.29 is 24.2 Å². The topological polar surface area (TPSA) is 72.8 Å². The molecule has 1 unspecified atom stereocenters. The van der Waals surface area contributed by atoms with Gasteiger partial charge in [-0.05, 0) is 56.4 Å². The van der Waals surface area contributed by atoms with Crippen LogP contribution in [0.15, 0.2) is 54.3 Å². The van der Waals surface area contributed by atoms with Crippen molar-refractivity contribution in [2.24, 2.45) is 11.8 Å². The van der Waals surface area contributed by atoms with E-state index in [9.17, 15) is 14.7 Å². The number of allylic oxidation sites excluding steroid dienone is 1. The van der Waals surface area contributed by atoms with Gasteiger partial charge in [0.05, 0.1) is 13.7 Å². The van der Waals surface area contributed by atoms with Gasteiger partial charge in [-0.2, -0.15) is 0 Å². The molecular formula is C24H30O5. The fourth-order valence-corrected chi connectivity index (χ4v) is 3.31. The van der Waals surface area contributed by atoms with Crippen LogP contribution in [0.25, 0.3) is 0 Å². The smallest absolute Gasteiger partial charge is 0.335 e. The Morgan fingerprint density at radius 1 is 1.31 bits per heavy atom. The third kappa shape index (κ3) is 7.72. The summed E-state index contributed by atoms with van der Waals surface area (Å²) in [5.74, 6) is 0.692. The summed E-state index contributed by atoms with van der Waals surface area (Å²) in [6, 6.07) is 7.99. The molecule has 0 amide bonds. The Morgan fingerprint density at radius 3 is 2.79 bits per heavy atom. The molecule has 1 saturated carbocycles. The van der Waals surface area contributed by atoms with Gasteiger partial charge in [-0.15, -0.1) is 5.73 Å². The Bertz CT molecular complexity index is 756. The van der Waals surface area contributed by atoms with E-state index in [1.807, 2.05) is 31.2 Å². The molecule has 0 bridgehead atoms. The summed E-state index contributed by atoms with van der Waals surface area (Å²) in [5.41, 5.74) is 4.15. The van der Waals surface area contributed by atoms with E-state index in [2.05, 4.69) is 22.6 Å². The first-order valence-corrected chi connectivity index (χ1v) is 10.1. The number of hydrogen-bond donors (Lipinski definition) is 1. The van der Waals surface area contributed by atoms with Gasteiger partial charge in [0.15, 0.2) is 6.10 Å². The van der Waals surface area contributed by atoms with Gasteiger partial charge in [-0.3, -0.25) is 4.79 Å². The Morgan fingerprint density at radius 2 is 2.07 bits per heavy atom. The molecule has 0 radical (unpaired) electrons. The number of aryl methyl sites for hydroxylation is 1. The van der Waals surface area contributed by atoms with Gasteiger partial charge in [0.1, 0.15) is 11.5 Å². The average Bonchev–Trinajstić information content (AvgIpc) is 3.07. The number of ether oxygens (including phenoxy) is 2. The second-order valence-electron chi connectivity index (χ2n) is 7.24. The molecule has 1 N–H and O–H groups in total. The van der Waals surface area contributed by atoms with Gasteiger partial charge in [0.25, 0.3) is 0 Å². The maximum atomic E-state index is 12.2. The zero-order chi connectivity index (χ0) is 21.1. The highest BCUT2D eigenvalue weighted by Gasteiger charge is 2.31. The first-order chi connectivity index (χ1) is 14.0. The van der Waals surface area contributed by atoms with Crippen molar-refractivity contribution in [3.63, 3.8) is 0 Å². The lowest BCUT2D eigenvalue weighted by Crippen LogP contribution is -2.20. The highest BCUT2D eigenvalue weighted by molar-refractivity contribution is 5.83. The minimum absolute atomic E-state index is 0.0318. The van der Waals surface area contributed by atoms with Crippen molar-refractivity contribution in [3.8, 4) is 5.75 Å². The predicted molar refractivity (Wildman–Crippen MR) is 112 cm³/mol. The van der Waals surface area contributed by atoms with Crippen LogP contribution in [0.2, 0.25) is 0 Å². The van der Waals surface area contributed by atoms with E-state index >= 15 is 0 Å². The van der Waals surface area contributed by atoms with Gasteiger partial charge >= 0.3 is 5.97 Å². The monoisotopic (exact) mass is 398 g/mol. The normalized spacial score (nSPS) is 19.6. The summed E-state index contributed by atoms with van der Waals surface area (Å²) in [7, 11) is 1.24. The van der Waals surface area contributed by atoms with Crippen molar-refractivity contribution >= 4 is 11.8 Å². The molecule has 1 fully saturated rings. The molecule has 1 aromatic carbocycles. The van der Waals surface area contributed by atoms with E-state index in [4.69, 9.17) is 4.74 Å². The molecular weight excluding hydrogens is 368 g/mol. The summed E-state index contributed by atoms with van der Waals surface area (Å²) in [6.45, 7) is 2.65. The van der Waals surface area contributed by atoms with Gasteiger partial charge in [0, 0.05) is 18.8 Å². The number of carbonyl (C=O) groups excluding carboxylic acids is 2. The first-order valence-electron chi connectivity index (χ1n) is 10.1. The molecule has 0 aromatic heterocycles. The second kappa shape index (κ2) is 12.1. The zero-order valence-corrected chi connectivity index (χ0v) is 17.2. The molecule has 1 aromatic rings. The van der Waals surface area contributed by atoms with Crippen LogP contribution < -0.4 is 4.74 Å². The lowest BCUT2D eigenvalue weighted by molar-refractivity contribution is -0.150. The second-order valence-corrected chi connectivity index (χ2v) is 7.24. The van der Waals surface area contributed by atoms with Crippen molar-refractivity contribution in [1.82, 2.24) is 0 Å². The molecule has 0 saturated heterocycles. The van der Waals surface area contributed by atoms with E-state index in [1.165, 1.54) is 12.7 Å². The van der Waals surface area contributed by atoms with E-state index in [1.54, 1.807) is 12.2 Å². The van der Waals surface area contributed by atoms with E-state index < -0.39 is 12.1 Å². The van der Waals surface area contributed by atoms with Crippen LogP contribution in [0.1, 0.15) is 37.7 Å². The lowest BCUT2D eigenvalue weighted by atomic mass is 9.91. The molecule has 156 valence electrons. The first kappa shape index (κ1) is 22.7. The minimum Gasteiger partial charge on any atom is -0.493 e. The van der Waals surface area contributed by atoms with E-state index in [-0.39, 0.29) is 24.0 Å². The molecule has 2 rings (SSSR count). The summed E-state index contributed by atoms with van der Waals surface area (Å²) in [5, 5.41) is 9.51. The number of hydrogen-bond acceptors (Lipinski definition) is 5. The van der Waals surface area contributed by atoms with E-state index in [0.717, 1.165) is 18.6 Å². The Kier molecular flexibility index (Phi) is 9.42. The number of ketones is 1. The molecule has 1 aliphatic rings. The number of aliphatic hydroxyl groups is 1. The SMILES string of the molecule is COC(=O)C(O)CC=C=CC[C@H]1C(=O)CC[C@@H]1/C=C/CCOc1ccc(C)cc1. The van der Waals surface area contributed by atoms with Crippen LogP contribution in [-0.4, -0.2) is 36.7 Å². The van der Waals surface area contributed by atoms with Gasteiger partial charge < -0.3 is 14.6 Å². The maximum Gasteiger partial charge on any atom is 0.335 e. The van der Waals surface area contributed by atoms with Crippen LogP contribution in [0.5, 0.6) is 5.75 Å². The van der Waals surface area contributed by atoms with Crippen LogP contribution >= 0.6 is 0 Å². The Hall–Kier alpha value is -2.62. The average molecular weight is 398 g/mol. The minimum atomic E-state index is -1.17. The molecule has 1 aliphatic carbocycles. The van der Waals surface area contributed by atoms with Gasteiger partial charge in [-0.1, -0.05) is 29.8 Å². The Balaban J connectivity index is 1.75. The van der Waals surface area contributed by atoms with E-state index in [0.29, 0.717) is 19.4 Å². The number of rotatable bonds is 10. The summed E-state index contributed by atoms with van der Waals surface area (Å²) >= 11 is 0. The molecule has 5 heteroatoms. The molecule has 3 atom stereocenters. The third-order valence-electron chi connectivity index (χ3n) is 5.03. The largest absolute Gasteiger partial charge is 0.493 e. The molecule has 0 heterocycles. The quantitative estimate of drug-likeness (QED) is 0.280. The van der Waals surface area contributed by atoms with Crippen LogP contribution in [0.4, 0.5) is 0 Å². The fourth-order valence-electron chi connectivity index (χ4n) is 3.31. The van der Waals surface area contributed by atoms with Crippen LogP contribution in [0.3, 0.4) is 0 Å². The maximum absolute atomic E-state index is 12.2. The van der Waals surface area contributed by atoms with Crippen LogP contribution in [0, 0.1) is 18.8 Å². The number of esters is 1. The molecule has 29 heavy (non-hydrogen) atoms. The predicted octanol–water partition coefficient (Wildman–Crippen LogP) is 3.94. The zero-order valence-electron chi connectivity index (χ0n) is 17.2. The standard InChI is InChI=1S/C24H30O5/c1-18-11-14-20(15-12-18)29-17-7-6-8-19-13-16-22(25)21(19)9-4-3-5-10-23(26)24(27)28-2/h4-6,8,11-12,14-15,19,21,23,26H,7,9-10,13,16-17H2,1-2H3/b8-6+/t3?,19-,21+,23?/m0/s1. The highest BCUT2D eigenvalue weighted by atomic mass is 16.5. The Labute approximate surface area is 172 Å². The number of methoxy groups -OCH3 is 1. The highest BCUT2D eigenvalue weighted by Crippen LogP contribution is 2.32. The van der Waals surface area contributed by atoms with Gasteiger partial charge in [-0.25, -0.2) is 4.79 Å². The van der Waals surface area contributed by atoms with Crippen molar-refractivity contribution in [3.05, 3.63) is 59.9 Å². The number of aliphatic hydroxyl groups excluding tert-OH is 1. The molecule has 5 nitrogen and oxygen atoms in total. The number of benzene rings is 1. The number of carbonyl (C=O) groups is 2. The van der Waals surface area contributed by atoms with Gasteiger partial charge in [0.2, 0.25) is 0 Å². The fraction of sp³-hybridized carbons (Fsp3) is 0.458. The lowest BCUT2D eigenvalue weighted by Gasteiger charge is -2.12. The molecule has 0 spiro atoms. The third-order valence-corrected chi connectivity index (χ3v) is 5.03. The number of Topliss-reactive ketones (excluding diaryl/α,β-unsaturated/α-hetero) is 1.